The summed E-state index contributed by atoms with van der Waals surface area (Å²) in [4.78, 5) is 40.6. The molecule has 0 amide bonds. The van der Waals surface area contributed by atoms with Crippen LogP contribution in [0.25, 0.3) is 6.08 Å². The maximum Gasteiger partial charge on any atom is 0.336 e. The highest BCUT2D eigenvalue weighted by atomic mass is 16.4. The van der Waals surface area contributed by atoms with E-state index in [1.165, 1.54) is 0 Å². The van der Waals surface area contributed by atoms with Gasteiger partial charge in [0, 0.05) is 6.08 Å². The van der Waals surface area contributed by atoms with Crippen LogP contribution >= 0.6 is 0 Å². The van der Waals surface area contributed by atoms with Crippen LogP contribution in [0.4, 0.5) is 0 Å². The third-order valence-corrected chi connectivity index (χ3v) is 2.50. The summed E-state index contributed by atoms with van der Waals surface area (Å²) in [6.45, 7) is 0. The van der Waals surface area contributed by atoms with E-state index in [9.17, 15) is 19.2 Å². The molecule has 0 saturated heterocycles. The van der Waals surface area contributed by atoms with Crippen molar-refractivity contribution in [3.63, 3.8) is 0 Å². The quantitative estimate of drug-likeness (QED) is 0.444. The molecule has 130 valence electrons. The Labute approximate surface area is 136 Å². The summed E-state index contributed by atoms with van der Waals surface area (Å²) in [5, 5.41) is 42.1. The van der Waals surface area contributed by atoms with Gasteiger partial charge >= 0.3 is 23.9 Å². The Morgan fingerprint density at radius 3 is 1.67 bits per heavy atom. The zero-order valence-electron chi connectivity index (χ0n) is 12.3. The molecule has 0 aliphatic carbocycles. The number of carboxylic acid groups (broad SMARTS) is 4. The Balaban J connectivity index is 0.000000446. The number of aliphatic carboxylic acids is 4. The fourth-order valence-corrected chi connectivity index (χ4v) is 1.45. The molecule has 0 fully saturated rings. The van der Waals surface area contributed by atoms with Crippen molar-refractivity contribution in [3.05, 3.63) is 42.0 Å². The predicted octanol–water partition coefficient (Wildman–Crippen LogP) is 0.536. The minimum Gasteiger partial charge on any atom is -0.481 e. The van der Waals surface area contributed by atoms with Crippen LogP contribution in [0.5, 0.6) is 0 Å². The molecule has 0 unspecified atom stereocenters. The van der Waals surface area contributed by atoms with Gasteiger partial charge in [-0.25, -0.2) is 9.59 Å². The highest BCUT2D eigenvalue weighted by Crippen LogP contribution is 2.15. The molecule has 0 spiro atoms. The number of rotatable bonds is 7. The monoisotopic (exact) mass is 340 g/mol. The minimum atomic E-state index is -2.74. The van der Waals surface area contributed by atoms with E-state index < -0.39 is 42.3 Å². The molecule has 0 bridgehead atoms. The van der Waals surface area contributed by atoms with Crippen molar-refractivity contribution in [1.29, 1.82) is 0 Å². The molecule has 0 heterocycles. The van der Waals surface area contributed by atoms with Crippen molar-refractivity contribution < 1.29 is 44.7 Å². The van der Waals surface area contributed by atoms with Crippen LogP contribution in [0.3, 0.4) is 0 Å². The lowest BCUT2D eigenvalue weighted by atomic mass is 9.96. The van der Waals surface area contributed by atoms with Crippen LogP contribution in [-0.4, -0.2) is 55.0 Å². The van der Waals surface area contributed by atoms with E-state index in [4.69, 9.17) is 25.5 Å². The molecule has 24 heavy (non-hydrogen) atoms. The number of hydrogen-bond donors (Lipinski definition) is 5. The van der Waals surface area contributed by atoms with E-state index in [1.807, 2.05) is 30.3 Å². The molecule has 0 aromatic heterocycles. The Morgan fingerprint density at radius 1 is 0.875 bits per heavy atom. The molecule has 9 heteroatoms. The smallest absolute Gasteiger partial charge is 0.336 e. The molecule has 0 saturated carbocycles. The van der Waals surface area contributed by atoms with Crippen LogP contribution in [0.2, 0.25) is 0 Å². The summed E-state index contributed by atoms with van der Waals surface area (Å²) in [5.41, 5.74) is -1.84. The van der Waals surface area contributed by atoms with E-state index >= 15 is 0 Å². The van der Waals surface area contributed by atoms with E-state index in [0.717, 1.165) is 11.6 Å². The van der Waals surface area contributed by atoms with Crippen molar-refractivity contribution >= 4 is 30.0 Å². The van der Waals surface area contributed by atoms with Crippen LogP contribution < -0.4 is 0 Å². The molecule has 5 N–H and O–H groups in total. The summed E-state index contributed by atoms with van der Waals surface area (Å²) in [6, 6.07) is 9.31. The van der Waals surface area contributed by atoms with Crippen LogP contribution in [-0.2, 0) is 19.2 Å². The van der Waals surface area contributed by atoms with Crippen LogP contribution in [0.1, 0.15) is 18.4 Å². The van der Waals surface area contributed by atoms with Gasteiger partial charge in [0.2, 0.25) is 0 Å². The summed E-state index contributed by atoms with van der Waals surface area (Å²) < 4.78 is 0. The topological polar surface area (TPSA) is 169 Å². The van der Waals surface area contributed by atoms with Crippen molar-refractivity contribution in [2.75, 3.05) is 0 Å². The van der Waals surface area contributed by atoms with Crippen molar-refractivity contribution in [2.45, 2.75) is 18.4 Å². The molecule has 0 aliphatic heterocycles. The van der Waals surface area contributed by atoms with Crippen molar-refractivity contribution in [3.8, 4) is 0 Å². The first-order chi connectivity index (χ1) is 11.1. The van der Waals surface area contributed by atoms with E-state index in [2.05, 4.69) is 0 Å². The largest absolute Gasteiger partial charge is 0.481 e. The van der Waals surface area contributed by atoms with Gasteiger partial charge in [-0.3, -0.25) is 9.59 Å². The summed E-state index contributed by atoms with van der Waals surface area (Å²) in [6.07, 6.45) is 0.390. The fourth-order valence-electron chi connectivity index (χ4n) is 1.45. The first-order valence-electron chi connectivity index (χ1n) is 6.42. The van der Waals surface area contributed by atoms with Crippen LogP contribution in [0.15, 0.2) is 36.4 Å². The van der Waals surface area contributed by atoms with Crippen molar-refractivity contribution in [1.82, 2.24) is 0 Å². The summed E-state index contributed by atoms with van der Waals surface area (Å²) >= 11 is 0. The second kappa shape index (κ2) is 9.74. The predicted molar refractivity (Wildman–Crippen MR) is 80.2 cm³/mol. The van der Waals surface area contributed by atoms with Gasteiger partial charge in [0.25, 0.3) is 0 Å². The SMILES string of the molecule is O=C(O)/C=C/c1ccccc1.O=C(O)CC(O)(CC(=O)O)C(=O)O. The average molecular weight is 340 g/mol. The molecule has 1 aromatic rings. The normalized spacial score (nSPS) is 10.5. The van der Waals surface area contributed by atoms with Crippen LogP contribution in [0, 0.1) is 0 Å². The molecule has 0 aliphatic rings. The number of benzene rings is 1. The van der Waals surface area contributed by atoms with E-state index in [-0.39, 0.29) is 0 Å². The second-order valence-corrected chi connectivity index (χ2v) is 4.56. The van der Waals surface area contributed by atoms with E-state index in [1.54, 1.807) is 6.08 Å². The third-order valence-electron chi connectivity index (χ3n) is 2.50. The summed E-state index contributed by atoms with van der Waals surface area (Å²) in [5.74, 6) is -5.94. The Morgan fingerprint density at radius 2 is 1.33 bits per heavy atom. The second-order valence-electron chi connectivity index (χ2n) is 4.56. The standard InChI is InChI=1S/C9H8O2.C6H8O7/c10-9(11)7-6-8-4-2-1-3-5-8;7-3(8)1-6(13,5(11)12)2-4(9)10/h1-7H,(H,10,11);13H,1-2H2,(H,7,8)(H,9,10)(H,11,12)/b7-6+;. The van der Waals surface area contributed by atoms with Gasteiger partial charge in [-0.1, -0.05) is 30.3 Å². The maximum absolute atomic E-state index is 10.3. The zero-order valence-corrected chi connectivity index (χ0v) is 12.3. The van der Waals surface area contributed by atoms with Gasteiger partial charge in [-0.15, -0.1) is 0 Å². The Hall–Kier alpha value is -3.20. The molecule has 1 rings (SSSR count). The van der Waals surface area contributed by atoms with Crippen molar-refractivity contribution in [2.24, 2.45) is 0 Å². The Bertz CT molecular complexity index is 603. The van der Waals surface area contributed by atoms with Gasteiger partial charge < -0.3 is 25.5 Å². The number of carbonyl (C=O) groups is 4. The van der Waals surface area contributed by atoms with Gasteiger partial charge in [0.05, 0.1) is 12.8 Å². The Kier molecular flexibility index (Phi) is 8.44. The van der Waals surface area contributed by atoms with Gasteiger partial charge in [0.1, 0.15) is 0 Å². The molecular weight excluding hydrogens is 324 g/mol. The van der Waals surface area contributed by atoms with Gasteiger partial charge in [0.15, 0.2) is 5.60 Å². The third kappa shape index (κ3) is 8.95. The number of hydrogen-bond acceptors (Lipinski definition) is 5. The lowest BCUT2D eigenvalue weighted by Gasteiger charge is -2.18. The molecule has 0 radical (unpaired) electrons. The number of carboxylic acids is 4. The lowest BCUT2D eigenvalue weighted by molar-refractivity contribution is -0.170. The highest BCUT2D eigenvalue weighted by Gasteiger charge is 2.40. The minimum absolute atomic E-state index is 0.898. The lowest BCUT2D eigenvalue weighted by Crippen LogP contribution is -2.42. The maximum atomic E-state index is 10.3. The molecular formula is C15H16O9. The average Bonchev–Trinajstić information content (AvgIpc) is 2.45. The van der Waals surface area contributed by atoms with Gasteiger partial charge in [-0.05, 0) is 11.6 Å². The fraction of sp³-hybridized carbons (Fsp3) is 0.200. The first kappa shape index (κ1) is 20.8. The molecule has 9 nitrogen and oxygen atoms in total. The summed E-state index contributed by atoms with van der Waals surface area (Å²) in [7, 11) is 0. The molecule has 1 aromatic carbocycles. The highest BCUT2D eigenvalue weighted by molar-refractivity contribution is 5.88. The zero-order chi connectivity index (χ0) is 18.8. The molecule has 0 atom stereocenters. The van der Waals surface area contributed by atoms with E-state index in [0.29, 0.717) is 0 Å². The first-order valence-corrected chi connectivity index (χ1v) is 6.42. The van der Waals surface area contributed by atoms with Gasteiger partial charge in [-0.2, -0.15) is 0 Å². The number of aliphatic hydroxyl groups is 1.